The number of benzene rings is 2. The normalized spacial score (nSPS) is 11.0. The van der Waals surface area contributed by atoms with Crippen LogP contribution in [0.5, 0.6) is 11.5 Å². The van der Waals surface area contributed by atoms with Crippen LogP contribution in [0.1, 0.15) is 19.8 Å². The van der Waals surface area contributed by atoms with E-state index in [4.69, 9.17) is 19.9 Å². The molecule has 2 aromatic carbocycles. The molecule has 0 amide bonds. The molecule has 2 rings (SSSR count). The number of para-hydroxylation sites is 1. The van der Waals surface area contributed by atoms with Crippen molar-refractivity contribution >= 4 is 35.6 Å². The van der Waals surface area contributed by atoms with E-state index < -0.39 is 0 Å². The van der Waals surface area contributed by atoms with Crippen molar-refractivity contribution in [3.05, 3.63) is 54.6 Å². The summed E-state index contributed by atoms with van der Waals surface area (Å²) >= 11 is 0. The summed E-state index contributed by atoms with van der Waals surface area (Å²) in [5.41, 5.74) is 6.74. The number of nitrogens with zero attached hydrogens (tertiary/aromatic N) is 1. The Morgan fingerprint density at radius 1 is 0.929 bits per heavy atom. The van der Waals surface area contributed by atoms with Gasteiger partial charge >= 0.3 is 0 Å². The van der Waals surface area contributed by atoms with Gasteiger partial charge in [0.05, 0.1) is 26.4 Å². The third kappa shape index (κ3) is 10.5. The quantitative estimate of drug-likeness (QED) is 0.192. The summed E-state index contributed by atoms with van der Waals surface area (Å²) in [6, 6.07) is 17.2. The molecule has 0 unspecified atom stereocenters. The summed E-state index contributed by atoms with van der Waals surface area (Å²) in [6.45, 7) is 5.13. The summed E-state index contributed by atoms with van der Waals surface area (Å²) in [5, 5.41) is 3.06. The van der Waals surface area contributed by atoms with Crippen molar-refractivity contribution in [2.24, 2.45) is 10.7 Å². The molecule has 7 heteroatoms. The predicted octanol–water partition coefficient (Wildman–Crippen LogP) is 4.66. The van der Waals surface area contributed by atoms with Crippen LogP contribution in [-0.4, -0.2) is 38.9 Å². The number of guanidine groups is 1. The zero-order valence-electron chi connectivity index (χ0n) is 16.3. The molecule has 0 aliphatic heterocycles. The highest BCUT2D eigenvalue weighted by molar-refractivity contribution is 14.0. The molecule has 0 heterocycles. The maximum atomic E-state index is 5.92. The highest BCUT2D eigenvalue weighted by Gasteiger charge is 2.00. The van der Waals surface area contributed by atoms with E-state index in [1.807, 2.05) is 54.6 Å². The van der Waals surface area contributed by atoms with Gasteiger partial charge in [-0.2, -0.15) is 0 Å². The molecule has 0 radical (unpaired) electrons. The second-order valence-corrected chi connectivity index (χ2v) is 5.91. The highest BCUT2D eigenvalue weighted by Crippen LogP contribution is 2.23. The summed E-state index contributed by atoms with van der Waals surface area (Å²) < 4.78 is 16.7. The average molecular weight is 499 g/mol. The summed E-state index contributed by atoms with van der Waals surface area (Å²) in [5.74, 6) is 1.85. The molecule has 0 saturated carbocycles. The predicted molar refractivity (Wildman–Crippen MR) is 125 cm³/mol. The zero-order chi connectivity index (χ0) is 19.2. The van der Waals surface area contributed by atoms with E-state index in [-0.39, 0.29) is 24.0 Å². The molecule has 0 aliphatic carbocycles. The fourth-order valence-electron chi connectivity index (χ4n) is 2.25. The van der Waals surface area contributed by atoms with Crippen molar-refractivity contribution in [3.63, 3.8) is 0 Å². The molecule has 0 saturated heterocycles. The van der Waals surface area contributed by atoms with E-state index in [1.165, 1.54) is 0 Å². The number of hydrogen-bond donors (Lipinski definition) is 2. The summed E-state index contributed by atoms with van der Waals surface area (Å²) in [7, 11) is 0. The van der Waals surface area contributed by atoms with Gasteiger partial charge in [0.25, 0.3) is 0 Å². The van der Waals surface area contributed by atoms with Crippen molar-refractivity contribution < 1.29 is 14.2 Å². The van der Waals surface area contributed by atoms with Crippen LogP contribution in [0.3, 0.4) is 0 Å². The minimum absolute atomic E-state index is 0. The fraction of sp³-hybridized carbons (Fsp3) is 0.381. The van der Waals surface area contributed by atoms with Gasteiger partial charge in [-0.25, -0.2) is 0 Å². The lowest BCUT2D eigenvalue weighted by Gasteiger charge is -2.09. The van der Waals surface area contributed by atoms with Crippen LogP contribution in [0.25, 0.3) is 0 Å². The lowest BCUT2D eigenvalue weighted by molar-refractivity contribution is 0.0498. The topological polar surface area (TPSA) is 78.1 Å². The first kappa shape index (κ1) is 24.2. The van der Waals surface area contributed by atoms with E-state index in [2.05, 4.69) is 17.2 Å². The lowest BCUT2D eigenvalue weighted by atomic mass is 10.3. The van der Waals surface area contributed by atoms with Crippen LogP contribution in [0.2, 0.25) is 0 Å². The van der Waals surface area contributed by atoms with Crippen LogP contribution in [0.15, 0.2) is 59.6 Å². The van der Waals surface area contributed by atoms with E-state index in [0.29, 0.717) is 32.3 Å². The number of nitrogens with one attached hydrogen (secondary N) is 1. The summed E-state index contributed by atoms with van der Waals surface area (Å²) in [4.78, 5) is 4.26. The second kappa shape index (κ2) is 15.1. The van der Waals surface area contributed by atoms with Crippen molar-refractivity contribution in [2.75, 3.05) is 38.3 Å². The molecule has 0 fully saturated rings. The van der Waals surface area contributed by atoms with Crippen molar-refractivity contribution in [2.45, 2.75) is 19.8 Å². The first-order valence-corrected chi connectivity index (χ1v) is 9.33. The molecule has 28 heavy (non-hydrogen) atoms. The van der Waals surface area contributed by atoms with Gasteiger partial charge in [0.1, 0.15) is 11.5 Å². The Bertz CT molecular complexity index is 684. The SMILES string of the molecule is CCCCOCCOCCN=C(N)Nc1cccc(Oc2ccccc2)c1.I. The Kier molecular flexibility index (Phi) is 13.1. The van der Waals surface area contributed by atoms with Gasteiger partial charge < -0.3 is 25.3 Å². The Morgan fingerprint density at radius 3 is 2.39 bits per heavy atom. The maximum absolute atomic E-state index is 5.92. The molecule has 154 valence electrons. The minimum Gasteiger partial charge on any atom is -0.457 e. The lowest BCUT2D eigenvalue weighted by Crippen LogP contribution is -2.23. The first-order valence-electron chi connectivity index (χ1n) is 9.33. The molecular weight excluding hydrogens is 469 g/mol. The van der Waals surface area contributed by atoms with Crippen molar-refractivity contribution in [1.29, 1.82) is 0 Å². The second-order valence-electron chi connectivity index (χ2n) is 5.91. The molecule has 3 N–H and O–H groups in total. The third-order valence-electron chi connectivity index (χ3n) is 3.62. The van der Waals surface area contributed by atoms with Gasteiger partial charge in [-0.3, -0.25) is 4.99 Å². The van der Waals surface area contributed by atoms with Crippen LogP contribution in [0.4, 0.5) is 5.69 Å². The van der Waals surface area contributed by atoms with Crippen LogP contribution in [-0.2, 0) is 9.47 Å². The minimum atomic E-state index is 0. The molecule has 2 aromatic rings. The largest absolute Gasteiger partial charge is 0.457 e. The molecule has 0 aliphatic rings. The molecule has 6 nitrogen and oxygen atoms in total. The molecule has 0 spiro atoms. The monoisotopic (exact) mass is 499 g/mol. The fourth-order valence-corrected chi connectivity index (χ4v) is 2.25. The molecule has 0 bridgehead atoms. The van der Waals surface area contributed by atoms with Crippen molar-refractivity contribution in [3.8, 4) is 11.5 Å². The van der Waals surface area contributed by atoms with Crippen LogP contribution < -0.4 is 15.8 Å². The Morgan fingerprint density at radius 2 is 1.64 bits per heavy atom. The van der Waals surface area contributed by atoms with Gasteiger partial charge in [0.2, 0.25) is 0 Å². The number of hydrogen-bond acceptors (Lipinski definition) is 4. The van der Waals surface area contributed by atoms with Gasteiger partial charge in [-0.1, -0.05) is 37.6 Å². The van der Waals surface area contributed by atoms with Gasteiger partial charge in [0, 0.05) is 18.4 Å². The van der Waals surface area contributed by atoms with E-state index in [9.17, 15) is 0 Å². The van der Waals surface area contributed by atoms with Crippen LogP contribution in [0, 0.1) is 0 Å². The number of halogens is 1. The van der Waals surface area contributed by atoms with Gasteiger partial charge in [-0.05, 0) is 30.7 Å². The zero-order valence-corrected chi connectivity index (χ0v) is 18.6. The first-order chi connectivity index (χ1) is 13.3. The van der Waals surface area contributed by atoms with E-state index in [1.54, 1.807) is 0 Å². The highest BCUT2D eigenvalue weighted by atomic mass is 127. The third-order valence-corrected chi connectivity index (χ3v) is 3.62. The van der Waals surface area contributed by atoms with E-state index in [0.717, 1.165) is 36.6 Å². The number of ether oxygens (including phenoxy) is 3. The number of rotatable bonds is 12. The van der Waals surface area contributed by atoms with Gasteiger partial charge in [0.15, 0.2) is 5.96 Å². The van der Waals surface area contributed by atoms with Gasteiger partial charge in [-0.15, -0.1) is 24.0 Å². The number of nitrogens with two attached hydrogens (primary N) is 1. The van der Waals surface area contributed by atoms with Crippen molar-refractivity contribution in [1.82, 2.24) is 0 Å². The molecule has 0 atom stereocenters. The molecule has 0 aromatic heterocycles. The number of unbranched alkanes of at least 4 members (excludes halogenated alkanes) is 1. The average Bonchev–Trinajstić information content (AvgIpc) is 2.68. The van der Waals surface area contributed by atoms with E-state index >= 15 is 0 Å². The Hall–Kier alpha value is -1.84. The Labute approximate surface area is 184 Å². The Balaban J connectivity index is 0.00000392. The standard InChI is InChI=1S/C21H29N3O3.HI/c1-2-3-13-25-15-16-26-14-12-23-21(22)24-18-8-7-11-20(17-18)27-19-9-5-4-6-10-19;/h4-11,17H,2-3,12-16H2,1H3,(H3,22,23,24);1H. The molecular formula is C21H30IN3O3. The summed E-state index contributed by atoms with van der Waals surface area (Å²) in [6.07, 6.45) is 2.23. The number of aliphatic imine (C=N–C) groups is 1. The smallest absolute Gasteiger partial charge is 0.193 e. The van der Waals surface area contributed by atoms with Crippen LogP contribution >= 0.6 is 24.0 Å². The maximum Gasteiger partial charge on any atom is 0.193 e. The number of anilines is 1.